The Bertz CT molecular complexity index is 486. The fourth-order valence-corrected chi connectivity index (χ4v) is 4.21. The van der Waals surface area contributed by atoms with Crippen molar-refractivity contribution in [1.29, 1.82) is 0 Å². The third-order valence-electron chi connectivity index (χ3n) is 6.39. The Morgan fingerprint density at radius 3 is 1.35 bits per heavy atom. The third-order valence-corrected chi connectivity index (χ3v) is 6.39. The largest absolute Gasteiger partial charge is 0.463 e. The van der Waals surface area contributed by atoms with E-state index in [1.807, 2.05) is 6.92 Å². The highest BCUT2D eigenvalue weighted by molar-refractivity contribution is 5.91. The second-order valence-corrected chi connectivity index (χ2v) is 10.0. The first-order valence-corrected chi connectivity index (χ1v) is 14.6. The highest BCUT2D eigenvalue weighted by atomic mass is 16.5. The number of rotatable bonds is 25. The first kappa shape index (κ1) is 32.7. The maximum absolute atomic E-state index is 11.7. The van der Waals surface area contributed by atoms with E-state index in [1.165, 1.54) is 109 Å². The summed E-state index contributed by atoms with van der Waals surface area (Å²) in [6.07, 6.45) is 28.5. The summed E-state index contributed by atoms with van der Waals surface area (Å²) in [4.78, 5) is 23.2. The fourth-order valence-electron chi connectivity index (χ4n) is 4.21. The predicted molar refractivity (Wildman–Crippen MR) is 144 cm³/mol. The van der Waals surface area contributed by atoms with Crippen LogP contribution in [0.25, 0.3) is 0 Å². The molecule has 0 radical (unpaired) electrons. The molecule has 0 aliphatic carbocycles. The lowest BCUT2D eigenvalue weighted by molar-refractivity contribution is -0.141. The fraction of sp³-hybridized carbons (Fsp3) is 0.867. The highest BCUT2D eigenvalue weighted by Gasteiger charge is 2.05. The summed E-state index contributed by atoms with van der Waals surface area (Å²) in [7, 11) is 0. The SMILES string of the molecule is CCCCCCCCCCCCCCCCCCCCOC(=O)/C=C/C(=O)OCC(C)CCC. The van der Waals surface area contributed by atoms with Crippen molar-refractivity contribution >= 4 is 11.9 Å². The predicted octanol–water partition coefficient (Wildman–Crippen LogP) is 9.11. The number of hydrogen-bond donors (Lipinski definition) is 0. The maximum Gasteiger partial charge on any atom is 0.331 e. The molecule has 0 spiro atoms. The van der Waals surface area contributed by atoms with Gasteiger partial charge in [-0.05, 0) is 18.8 Å². The van der Waals surface area contributed by atoms with E-state index in [0.29, 0.717) is 19.1 Å². The van der Waals surface area contributed by atoms with Gasteiger partial charge in [0.05, 0.1) is 13.2 Å². The molecule has 0 fully saturated rings. The molecule has 4 nitrogen and oxygen atoms in total. The normalized spacial score (nSPS) is 12.2. The molecular weight excluding hydrogens is 424 g/mol. The topological polar surface area (TPSA) is 52.6 Å². The second-order valence-electron chi connectivity index (χ2n) is 10.0. The van der Waals surface area contributed by atoms with Gasteiger partial charge in [-0.15, -0.1) is 0 Å². The van der Waals surface area contributed by atoms with E-state index in [9.17, 15) is 9.59 Å². The lowest BCUT2D eigenvalue weighted by Gasteiger charge is -2.09. The number of unbranched alkanes of at least 4 members (excludes halogenated alkanes) is 17. The van der Waals surface area contributed by atoms with Crippen molar-refractivity contribution in [2.24, 2.45) is 5.92 Å². The van der Waals surface area contributed by atoms with Crippen LogP contribution in [-0.4, -0.2) is 25.2 Å². The van der Waals surface area contributed by atoms with Crippen LogP contribution in [0.1, 0.15) is 149 Å². The highest BCUT2D eigenvalue weighted by Crippen LogP contribution is 2.14. The molecule has 0 aromatic carbocycles. The molecule has 0 heterocycles. The van der Waals surface area contributed by atoms with E-state index >= 15 is 0 Å². The lowest BCUT2D eigenvalue weighted by Crippen LogP contribution is -2.10. The zero-order valence-corrected chi connectivity index (χ0v) is 22.9. The molecule has 0 rings (SSSR count). The van der Waals surface area contributed by atoms with Gasteiger partial charge in [0.2, 0.25) is 0 Å². The van der Waals surface area contributed by atoms with Crippen LogP contribution in [0, 0.1) is 5.92 Å². The summed E-state index contributed by atoms with van der Waals surface area (Å²) in [6.45, 7) is 7.25. The molecule has 0 aromatic heterocycles. The van der Waals surface area contributed by atoms with Crippen LogP contribution in [0.4, 0.5) is 0 Å². The van der Waals surface area contributed by atoms with Crippen molar-refractivity contribution in [3.63, 3.8) is 0 Å². The summed E-state index contributed by atoms with van der Waals surface area (Å²) in [5.41, 5.74) is 0. The van der Waals surface area contributed by atoms with Crippen LogP contribution in [0.5, 0.6) is 0 Å². The zero-order valence-electron chi connectivity index (χ0n) is 22.9. The molecule has 4 heteroatoms. The molecule has 1 unspecified atom stereocenters. The molecule has 0 amide bonds. The minimum atomic E-state index is -0.479. The third kappa shape index (κ3) is 25.3. The molecule has 0 saturated carbocycles. The van der Waals surface area contributed by atoms with Crippen LogP contribution in [0.2, 0.25) is 0 Å². The Balaban J connectivity index is 3.32. The molecule has 0 aliphatic rings. The van der Waals surface area contributed by atoms with E-state index in [1.54, 1.807) is 0 Å². The summed E-state index contributed by atoms with van der Waals surface area (Å²) in [5, 5.41) is 0. The molecule has 200 valence electrons. The summed E-state index contributed by atoms with van der Waals surface area (Å²) >= 11 is 0. The van der Waals surface area contributed by atoms with Crippen molar-refractivity contribution in [3.05, 3.63) is 12.2 Å². The molecule has 34 heavy (non-hydrogen) atoms. The molecule has 0 N–H and O–H groups in total. The molecule has 0 aromatic rings. The number of carbonyl (C=O) groups is 2. The van der Waals surface area contributed by atoms with E-state index < -0.39 is 11.9 Å². The molecule has 0 bridgehead atoms. The van der Waals surface area contributed by atoms with Crippen LogP contribution in [0.3, 0.4) is 0 Å². The molecule has 0 aliphatic heterocycles. The summed E-state index contributed by atoms with van der Waals surface area (Å²) < 4.78 is 10.3. The van der Waals surface area contributed by atoms with Gasteiger partial charge in [-0.1, -0.05) is 136 Å². The van der Waals surface area contributed by atoms with Gasteiger partial charge in [-0.2, -0.15) is 0 Å². The van der Waals surface area contributed by atoms with Crippen LogP contribution >= 0.6 is 0 Å². The number of hydrogen-bond acceptors (Lipinski definition) is 4. The van der Waals surface area contributed by atoms with Crippen LogP contribution < -0.4 is 0 Å². The Morgan fingerprint density at radius 1 is 0.559 bits per heavy atom. The second kappa shape index (κ2) is 26.3. The minimum Gasteiger partial charge on any atom is -0.463 e. The van der Waals surface area contributed by atoms with Gasteiger partial charge in [0.1, 0.15) is 0 Å². The van der Waals surface area contributed by atoms with Crippen molar-refractivity contribution in [2.75, 3.05) is 13.2 Å². The molecule has 1 atom stereocenters. The van der Waals surface area contributed by atoms with Gasteiger partial charge >= 0.3 is 11.9 Å². The quantitative estimate of drug-likeness (QED) is 0.0742. The Hall–Kier alpha value is -1.32. The average molecular weight is 481 g/mol. The smallest absolute Gasteiger partial charge is 0.331 e. The van der Waals surface area contributed by atoms with E-state index in [-0.39, 0.29) is 0 Å². The maximum atomic E-state index is 11.7. The van der Waals surface area contributed by atoms with Crippen molar-refractivity contribution in [3.8, 4) is 0 Å². The van der Waals surface area contributed by atoms with Gasteiger partial charge in [0, 0.05) is 12.2 Å². The Morgan fingerprint density at radius 2 is 0.941 bits per heavy atom. The van der Waals surface area contributed by atoms with Crippen LogP contribution in [-0.2, 0) is 19.1 Å². The molecular formula is C30H56O4. The van der Waals surface area contributed by atoms with Crippen molar-refractivity contribution in [2.45, 2.75) is 149 Å². The summed E-state index contributed by atoms with van der Waals surface area (Å²) in [5.74, 6) is -0.600. The Labute approximate surface area is 211 Å². The first-order chi connectivity index (χ1) is 16.6. The van der Waals surface area contributed by atoms with Crippen molar-refractivity contribution < 1.29 is 19.1 Å². The average Bonchev–Trinajstić information content (AvgIpc) is 2.83. The molecule has 0 saturated heterocycles. The Kier molecular flexibility index (Phi) is 25.3. The van der Waals surface area contributed by atoms with E-state index in [2.05, 4.69) is 13.8 Å². The summed E-state index contributed by atoms with van der Waals surface area (Å²) in [6, 6.07) is 0. The number of esters is 2. The lowest BCUT2D eigenvalue weighted by atomic mass is 10.0. The van der Waals surface area contributed by atoms with Crippen LogP contribution in [0.15, 0.2) is 12.2 Å². The monoisotopic (exact) mass is 480 g/mol. The zero-order chi connectivity index (χ0) is 25.1. The van der Waals surface area contributed by atoms with Gasteiger partial charge < -0.3 is 9.47 Å². The van der Waals surface area contributed by atoms with E-state index in [4.69, 9.17) is 9.47 Å². The number of ether oxygens (including phenoxy) is 2. The number of carbonyl (C=O) groups excluding carboxylic acids is 2. The van der Waals surface area contributed by atoms with Gasteiger partial charge in [-0.3, -0.25) is 0 Å². The van der Waals surface area contributed by atoms with Gasteiger partial charge in [0.25, 0.3) is 0 Å². The van der Waals surface area contributed by atoms with E-state index in [0.717, 1.165) is 31.8 Å². The minimum absolute atomic E-state index is 0.346. The van der Waals surface area contributed by atoms with Crippen molar-refractivity contribution in [1.82, 2.24) is 0 Å². The van der Waals surface area contributed by atoms with Gasteiger partial charge in [0.15, 0.2) is 0 Å². The first-order valence-electron chi connectivity index (χ1n) is 14.6. The van der Waals surface area contributed by atoms with Gasteiger partial charge in [-0.25, -0.2) is 9.59 Å². The standard InChI is InChI=1S/C30H56O4/c1-4-6-7-8-9-10-11-12-13-14-15-16-17-18-19-20-21-22-26-33-29(31)24-25-30(32)34-27-28(3)23-5-2/h24-25,28H,4-23,26-27H2,1-3H3/b25-24+.